The van der Waals surface area contributed by atoms with Gasteiger partial charge in [-0.3, -0.25) is 9.36 Å². The number of methoxy groups -OCH3 is 1. The van der Waals surface area contributed by atoms with Gasteiger partial charge in [0.25, 0.3) is 5.56 Å². The zero-order valence-corrected chi connectivity index (χ0v) is 15.9. The van der Waals surface area contributed by atoms with Crippen LogP contribution >= 0.6 is 11.6 Å². The van der Waals surface area contributed by atoms with E-state index in [2.05, 4.69) is 0 Å². The van der Waals surface area contributed by atoms with Crippen LogP contribution in [0.3, 0.4) is 0 Å². The lowest BCUT2D eigenvalue weighted by atomic mass is 10.1. The molecule has 1 aromatic heterocycles. The Labute approximate surface area is 161 Å². The van der Waals surface area contributed by atoms with Crippen LogP contribution in [-0.2, 0) is 6.54 Å². The van der Waals surface area contributed by atoms with Gasteiger partial charge in [-0.25, -0.2) is 4.98 Å². The smallest absolute Gasteiger partial charge is 0.261 e. The minimum absolute atomic E-state index is 0.0593. The van der Waals surface area contributed by atoms with Gasteiger partial charge in [-0.2, -0.15) is 0 Å². The molecule has 4 rings (SSSR count). The van der Waals surface area contributed by atoms with Crippen LogP contribution in [0.1, 0.15) is 24.7 Å². The maximum Gasteiger partial charge on any atom is 0.261 e. The second kappa shape index (κ2) is 7.08. The summed E-state index contributed by atoms with van der Waals surface area (Å²) in [5, 5.41) is 1.08. The van der Waals surface area contributed by atoms with E-state index in [1.165, 1.54) is 0 Å². The van der Waals surface area contributed by atoms with Crippen LogP contribution in [0.15, 0.2) is 41.2 Å². The lowest BCUT2D eigenvalue weighted by Gasteiger charge is -2.12. The SMILES string of the molecule is CCOc1cccc(/C=C2/CCn3c2nc2ccc(Cl)cc2c3=O)c1OC. The number of hydrogen-bond acceptors (Lipinski definition) is 4. The second-order valence-electron chi connectivity index (χ2n) is 6.28. The Morgan fingerprint density at radius 3 is 2.93 bits per heavy atom. The Bertz CT molecular complexity index is 1120. The molecule has 0 N–H and O–H groups in total. The van der Waals surface area contributed by atoms with Crippen LogP contribution < -0.4 is 15.0 Å². The second-order valence-corrected chi connectivity index (χ2v) is 6.72. The molecule has 5 nitrogen and oxygen atoms in total. The van der Waals surface area contributed by atoms with Gasteiger partial charge in [0.1, 0.15) is 5.82 Å². The molecule has 27 heavy (non-hydrogen) atoms. The summed E-state index contributed by atoms with van der Waals surface area (Å²) in [7, 11) is 1.63. The van der Waals surface area contributed by atoms with Crippen molar-refractivity contribution in [3.8, 4) is 11.5 Å². The van der Waals surface area contributed by atoms with Gasteiger partial charge in [0.05, 0.1) is 24.6 Å². The Morgan fingerprint density at radius 1 is 1.30 bits per heavy atom. The molecule has 0 radical (unpaired) electrons. The van der Waals surface area contributed by atoms with Gasteiger partial charge in [-0.05, 0) is 49.3 Å². The van der Waals surface area contributed by atoms with E-state index in [4.69, 9.17) is 26.1 Å². The normalized spacial score (nSPS) is 14.6. The first-order valence-electron chi connectivity index (χ1n) is 8.83. The molecular formula is C21H19ClN2O3. The minimum Gasteiger partial charge on any atom is -0.492 e. The maximum atomic E-state index is 12.8. The molecule has 0 bridgehead atoms. The highest BCUT2D eigenvalue weighted by molar-refractivity contribution is 6.31. The van der Waals surface area contributed by atoms with Gasteiger partial charge in [0.15, 0.2) is 11.5 Å². The molecule has 0 aliphatic carbocycles. The summed E-state index contributed by atoms with van der Waals surface area (Å²) in [6, 6.07) is 11.0. The van der Waals surface area contributed by atoms with Crippen molar-refractivity contribution < 1.29 is 9.47 Å². The Morgan fingerprint density at radius 2 is 2.15 bits per heavy atom. The first-order valence-corrected chi connectivity index (χ1v) is 9.21. The molecule has 0 spiro atoms. The first-order chi connectivity index (χ1) is 13.1. The van der Waals surface area contributed by atoms with E-state index in [9.17, 15) is 4.79 Å². The fourth-order valence-corrected chi connectivity index (χ4v) is 3.62. The number of benzene rings is 2. The summed E-state index contributed by atoms with van der Waals surface area (Å²) in [6.45, 7) is 3.10. The highest BCUT2D eigenvalue weighted by Gasteiger charge is 2.22. The summed E-state index contributed by atoms with van der Waals surface area (Å²) in [4.78, 5) is 17.5. The summed E-state index contributed by atoms with van der Waals surface area (Å²) < 4.78 is 12.9. The Kier molecular flexibility index (Phi) is 4.62. The first kappa shape index (κ1) is 17.6. The maximum absolute atomic E-state index is 12.8. The van der Waals surface area contributed by atoms with Gasteiger partial charge in [0.2, 0.25) is 0 Å². The van der Waals surface area contributed by atoms with E-state index < -0.39 is 0 Å². The van der Waals surface area contributed by atoms with Crippen LogP contribution in [0, 0.1) is 0 Å². The van der Waals surface area contributed by atoms with Crippen molar-refractivity contribution in [2.24, 2.45) is 0 Å². The zero-order chi connectivity index (χ0) is 19.0. The van der Waals surface area contributed by atoms with Gasteiger partial charge in [0, 0.05) is 17.1 Å². The predicted molar refractivity (Wildman–Crippen MR) is 108 cm³/mol. The molecule has 2 heterocycles. The van der Waals surface area contributed by atoms with E-state index in [-0.39, 0.29) is 5.56 Å². The highest BCUT2D eigenvalue weighted by Crippen LogP contribution is 2.35. The number of para-hydroxylation sites is 1. The number of fused-ring (bicyclic) bond motifs is 2. The van der Waals surface area contributed by atoms with E-state index in [0.29, 0.717) is 46.4 Å². The van der Waals surface area contributed by atoms with E-state index >= 15 is 0 Å². The summed E-state index contributed by atoms with van der Waals surface area (Å²) in [5.41, 5.74) is 2.49. The number of rotatable bonds is 4. The summed E-state index contributed by atoms with van der Waals surface area (Å²) in [5.74, 6) is 2.07. The monoisotopic (exact) mass is 382 g/mol. The van der Waals surface area contributed by atoms with Crippen LogP contribution in [0.5, 0.6) is 11.5 Å². The largest absolute Gasteiger partial charge is 0.492 e. The third kappa shape index (κ3) is 3.08. The van der Waals surface area contributed by atoms with Crippen molar-refractivity contribution in [2.75, 3.05) is 13.7 Å². The number of aromatic nitrogens is 2. The molecule has 0 unspecified atom stereocenters. The molecule has 0 fully saturated rings. The number of hydrogen-bond donors (Lipinski definition) is 0. The predicted octanol–water partition coefficient (Wildman–Crippen LogP) is 4.40. The van der Waals surface area contributed by atoms with Gasteiger partial charge >= 0.3 is 0 Å². The van der Waals surface area contributed by atoms with Crippen molar-refractivity contribution in [2.45, 2.75) is 19.9 Å². The van der Waals surface area contributed by atoms with E-state index in [1.807, 2.05) is 31.2 Å². The summed E-state index contributed by atoms with van der Waals surface area (Å²) in [6.07, 6.45) is 2.75. The quantitative estimate of drug-likeness (QED) is 0.671. The number of halogens is 1. The average molecular weight is 383 g/mol. The standard InChI is InChI=1S/C21H19ClN2O3/c1-3-27-18-6-4-5-13(19(18)26-2)11-14-9-10-24-20(14)23-17-8-7-15(22)12-16(17)21(24)25/h4-8,11-12H,3,9-10H2,1-2H3/b14-11-. The third-order valence-electron chi connectivity index (χ3n) is 4.65. The van der Waals surface area contributed by atoms with Gasteiger partial charge < -0.3 is 9.47 Å². The van der Waals surface area contributed by atoms with Crippen molar-refractivity contribution >= 4 is 34.2 Å². The number of nitrogens with zero attached hydrogens (tertiary/aromatic N) is 2. The van der Waals surface area contributed by atoms with Crippen molar-refractivity contribution in [3.05, 3.63) is 63.2 Å². The van der Waals surface area contributed by atoms with Gasteiger partial charge in [-0.1, -0.05) is 23.7 Å². The molecule has 1 aliphatic rings. The average Bonchev–Trinajstić information content (AvgIpc) is 3.06. The Balaban J connectivity index is 1.86. The number of allylic oxidation sites excluding steroid dienone is 1. The van der Waals surface area contributed by atoms with Crippen LogP contribution in [0.25, 0.3) is 22.6 Å². The minimum atomic E-state index is -0.0593. The molecule has 0 amide bonds. The molecule has 6 heteroatoms. The molecular weight excluding hydrogens is 364 g/mol. The van der Waals surface area contributed by atoms with Gasteiger partial charge in [-0.15, -0.1) is 0 Å². The fraction of sp³-hybridized carbons (Fsp3) is 0.238. The molecule has 3 aromatic rings. The van der Waals surface area contributed by atoms with Crippen molar-refractivity contribution in [1.29, 1.82) is 0 Å². The molecule has 0 saturated heterocycles. The molecule has 0 saturated carbocycles. The lowest BCUT2D eigenvalue weighted by molar-refractivity contribution is 0.310. The Hall–Kier alpha value is -2.79. The zero-order valence-electron chi connectivity index (χ0n) is 15.2. The van der Waals surface area contributed by atoms with E-state index in [1.54, 1.807) is 29.9 Å². The lowest BCUT2D eigenvalue weighted by Crippen LogP contribution is -2.20. The summed E-state index contributed by atoms with van der Waals surface area (Å²) >= 11 is 6.04. The third-order valence-corrected chi connectivity index (χ3v) is 4.89. The molecule has 1 aliphatic heterocycles. The van der Waals surface area contributed by atoms with Crippen molar-refractivity contribution in [1.82, 2.24) is 9.55 Å². The molecule has 138 valence electrons. The van der Waals surface area contributed by atoms with E-state index in [0.717, 1.165) is 17.6 Å². The molecule has 0 atom stereocenters. The van der Waals surface area contributed by atoms with Crippen LogP contribution in [0.2, 0.25) is 5.02 Å². The van der Waals surface area contributed by atoms with Crippen LogP contribution in [-0.4, -0.2) is 23.3 Å². The number of ether oxygens (including phenoxy) is 2. The fourth-order valence-electron chi connectivity index (χ4n) is 3.45. The topological polar surface area (TPSA) is 53.4 Å². The highest BCUT2D eigenvalue weighted by atomic mass is 35.5. The molecule has 2 aromatic carbocycles. The van der Waals surface area contributed by atoms with Crippen molar-refractivity contribution in [3.63, 3.8) is 0 Å². The van der Waals surface area contributed by atoms with Crippen LogP contribution in [0.4, 0.5) is 0 Å².